The van der Waals surface area contributed by atoms with E-state index in [0.29, 0.717) is 6.04 Å². The third-order valence-electron chi connectivity index (χ3n) is 4.02. The summed E-state index contributed by atoms with van der Waals surface area (Å²) in [6.07, 6.45) is 3.26. The lowest BCUT2D eigenvalue weighted by atomic mass is 10.1. The molecule has 0 amide bonds. The van der Waals surface area contributed by atoms with E-state index in [2.05, 4.69) is 36.2 Å². The van der Waals surface area contributed by atoms with E-state index >= 15 is 0 Å². The molecule has 0 bridgehead atoms. The second-order valence-corrected chi connectivity index (χ2v) is 5.87. The van der Waals surface area contributed by atoms with Crippen molar-refractivity contribution in [3.63, 3.8) is 0 Å². The van der Waals surface area contributed by atoms with Crippen LogP contribution in [0.5, 0.6) is 0 Å². The van der Waals surface area contributed by atoms with Gasteiger partial charge in [0, 0.05) is 17.1 Å². The first-order valence-electron chi connectivity index (χ1n) is 7.13. The largest absolute Gasteiger partial charge is 0.298 e. The molecule has 104 valence electrons. The van der Waals surface area contributed by atoms with Gasteiger partial charge in [-0.15, -0.1) is 0 Å². The van der Waals surface area contributed by atoms with Crippen LogP contribution in [0.4, 0.5) is 0 Å². The van der Waals surface area contributed by atoms with Crippen LogP contribution in [0.3, 0.4) is 0 Å². The van der Waals surface area contributed by atoms with Gasteiger partial charge in [-0.1, -0.05) is 35.9 Å². The minimum Gasteiger partial charge on any atom is -0.298 e. The molecule has 0 radical (unpaired) electrons. The summed E-state index contributed by atoms with van der Waals surface area (Å²) in [7, 11) is 2.18. The average molecular weight is 287 g/mol. The molecule has 1 aliphatic rings. The average Bonchev–Trinajstić information content (AvgIpc) is 2.88. The van der Waals surface area contributed by atoms with Crippen molar-refractivity contribution >= 4 is 11.6 Å². The molecule has 0 aliphatic carbocycles. The normalized spacial score (nSPS) is 19.4. The lowest BCUT2D eigenvalue weighted by molar-refractivity contribution is 0.311. The Morgan fingerprint density at radius 2 is 2.05 bits per heavy atom. The SMILES string of the molecule is CN1CCC[C@H]1c1cccc(Cc2ccccc2Cl)n1. The third kappa shape index (κ3) is 2.87. The summed E-state index contributed by atoms with van der Waals surface area (Å²) in [5.41, 5.74) is 3.42. The van der Waals surface area contributed by atoms with Crippen molar-refractivity contribution < 1.29 is 0 Å². The molecule has 2 aromatic rings. The summed E-state index contributed by atoms with van der Waals surface area (Å²) >= 11 is 6.23. The second kappa shape index (κ2) is 5.94. The van der Waals surface area contributed by atoms with Gasteiger partial charge in [-0.05, 0) is 50.2 Å². The lowest BCUT2D eigenvalue weighted by Crippen LogP contribution is -2.18. The minimum atomic E-state index is 0.473. The summed E-state index contributed by atoms with van der Waals surface area (Å²) in [5.74, 6) is 0. The molecule has 20 heavy (non-hydrogen) atoms. The number of pyridine rings is 1. The molecule has 3 rings (SSSR count). The Morgan fingerprint density at radius 1 is 1.20 bits per heavy atom. The van der Waals surface area contributed by atoms with Crippen molar-refractivity contribution in [1.29, 1.82) is 0 Å². The van der Waals surface area contributed by atoms with E-state index in [1.165, 1.54) is 25.1 Å². The van der Waals surface area contributed by atoms with Crippen molar-refractivity contribution in [1.82, 2.24) is 9.88 Å². The van der Waals surface area contributed by atoms with Gasteiger partial charge in [0.15, 0.2) is 0 Å². The molecule has 1 aromatic carbocycles. The number of hydrogen-bond donors (Lipinski definition) is 0. The summed E-state index contributed by atoms with van der Waals surface area (Å²) in [6, 6.07) is 14.8. The highest BCUT2D eigenvalue weighted by Gasteiger charge is 2.23. The standard InChI is InChI=1S/C17H19ClN2/c1-20-11-5-10-17(20)16-9-4-7-14(19-16)12-13-6-2-3-8-15(13)18/h2-4,6-9,17H,5,10-12H2,1H3/t17-/m0/s1. The van der Waals surface area contributed by atoms with E-state index in [1.807, 2.05) is 18.2 Å². The summed E-state index contributed by atoms with van der Waals surface area (Å²) in [4.78, 5) is 7.23. The van der Waals surface area contributed by atoms with Crippen LogP contribution >= 0.6 is 11.6 Å². The molecule has 1 aromatic heterocycles. The van der Waals surface area contributed by atoms with E-state index in [9.17, 15) is 0 Å². The van der Waals surface area contributed by atoms with Gasteiger partial charge < -0.3 is 0 Å². The van der Waals surface area contributed by atoms with Crippen LogP contribution in [0, 0.1) is 0 Å². The number of benzene rings is 1. The zero-order chi connectivity index (χ0) is 13.9. The van der Waals surface area contributed by atoms with Crippen molar-refractivity contribution in [2.24, 2.45) is 0 Å². The molecular weight excluding hydrogens is 268 g/mol. The fourth-order valence-corrected chi connectivity index (χ4v) is 3.11. The molecule has 1 atom stereocenters. The molecule has 3 heteroatoms. The quantitative estimate of drug-likeness (QED) is 0.845. The van der Waals surface area contributed by atoms with Crippen LogP contribution in [0.2, 0.25) is 5.02 Å². The number of nitrogens with zero attached hydrogens (tertiary/aromatic N) is 2. The molecule has 0 saturated carbocycles. The maximum atomic E-state index is 6.23. The Kier molecular flexibility index (Phi) is 4.04. The van der Waals surface area contributed by atoms with Gasteiger partial charge in [0.25, 0.3) is 0 Å². The molecule has 2 nitrogen and oxygen atoms in total. The van der Waals surface area contributed by atoms with Crippen molar-refractivity contribution in [2.75, 3.05) is 13.6 Å². The lowest BCUT2D eigenvalue weighted by Gasteiger charge is -2.19. The maximum Gasteiger partial charge on any atom is 0.0578 e. The fraction of sp³-hybridized carbons (Fsp3) is 0.353. The summed E-state index contributed by atoms with van der Waals surface area (Å²) in [6.45, 7) is 1.17. The Bertz CT molecular complexity index is 597. The summed E-state index contributed by atoms with van der Waals surface area (Å²) < 4.78 is 0. The van der Waals surface area contributed by atoms with Crippen molar-refractivity contribution in [3.8, 4) is 0 Å². The van der Waals surface area contributed by atoms with E-state index in [4.69, 9.17) is 16.6 Å². The van der Waals surface area contributed by atoms with Gasteiger partial charge in [0.1, 0.15) is 0 Å². The van der Waals surface area contributed by atoms with Gasteiger partial charge in [0.05, 0.1) is 11.7 Å². The Morgan fingerprint density at radius 3 is 2.80 bits per heavy atom. The Labute approximate surface area is 125 Å². The monoisotopic (exact) mass is 286 g/mol. The number of aromatic nitrogens is 1. The topological polar surface area (TPSA) is 16.1 Å². The van der Waals surface area contributed by atoms with Crippen LogP contribution in [0.15, 0.2) is 42.5 Å². The highest BCUT2D eigenvalue weighted by Crippen LogP contribution is 2.29. The first-order valence-corrected chi connectivity index (χ1v) is 7.51. The smallest absolute Gasteiger partial charge is 0.0578 e. The summed E-state index contributed by atoms with van der Waals surface area (Å²) in [5, 5.41) is 0.817. The van der Waals surface area contributed by atoms with Gasteiger partial charge in [0.2, 0.25) is 0 Å². The number of halogens is 1. The van der Waals surface area contributed by atoms with Crippen LogP contribution in [0.1, 0.15) is 35.8 Å². The number of rotatable bonds is 3. The Hall–Kier alpha value is -1.38. The number of likely N-dealkylation sites (tertiary alicyclic amines) is 1. The zero-order valence-electron chi connectivity index (χ0n) is 11.7. The van der Waals surface area contributed by atoms with Crippen LogP contribution in [-0.4, -0.2) is 23.5 Å². The van der Waals surface area contributed by atoms with Crippen LogP contribution in [-0.2, 0) is 6.42 Å². The van der Waals surface area contributed by atoms with Gasteiger partial charge in [-0.2, -0.15) is 0 Å². The second-order valence-electron chi connectivity index (χ2n) is 5.46. The van der Waals surface area contributed by atoms with Gasteiger partial charge in [-0.3, -0.25) is 9.88 Å². The van der Waals surface area contributed by atoms with Crippen molar-refractivity contribution in [2.45, 2.75) is 25.3 Å². The molecule has 0 spiro atoms. The van der Waals surface area contributed by atoms with Crippen LogP contribution in [0.25, 0.3) is 0 Å². The first-order chi connectivity index (χ1) is 9.74. The maximum absolute atomic E-state index is 6.23. The first kappa shape index (κ1) is 13.6. The molecule has 1 fully saturated rings. The zero-order valence-corrected chi connectivity index (χ0v) is 12.5. The highest BCUT2D eigenvalue weighted by molar-refractivity contribution is 6.31. The molecule has 1 saturated heterocycles. The molecule has 2 heterocycles. The predicted molar refractivity (Wildman–Crippen MR) is 83.1 cm³/mol. The van der Waals surface area contributed by atoms with E-state index in [1.54, 1.807) is 0 Å². The van der Waals surface area contributed by atoms with Crippen LogP contribution < -0.4 is 0 Å². The van der Waals surface area contributed by atoms with E-state index in [0.717, 1.165) is 22.7 Å². The predicted octanol–water partition coefficient (Wildman–Crippen LogP) is 4.09. The molecule has 0 unspecified atom stereocenters. The van der Waals surface area contributed by atoms with Gasteiger partial charge in [-0.25, -0.2) is 0 Å². The Balaban J connectivity index is 1.83. The third-order valence-corrected chi connectivity index (χ3v) is 4.39. The molecule has 0 N–H and O–H groups in total. The van der Waals surface area contributed by atoms with E-state index in [-0.39, 0.29) is 0 Å². The molecule has 1 aliphatic heterocycles. The molecular formula is C17H19ClN2. The fourth-order valence-electron chi connectivity index (χ4n) is 2.90. The minimum absolute atomic E-state index is 0.473. The van der Waals surface area contributed by atoms with Crippen molar-refractivity contribution in [3.05, 3.63) is 64.4 Å². The van der Waals surface area contributed by atoms with Gasteiger partial charge >= 0.3 is 0 Å². The highest BCUT2D eigenvalue weighted by atomic mass is 35.5. The number of hydrogen-bond acceptors (Lipinski definition) is 2. The van der Waals surface area contributed by atoms with E-state index < -0.39 is 0 Å².